The lowest BCUT2D eigenvalue weighted by atomic mass is 10.2. The van der Waals surface area contributed by atoms with Crippen LogP contribution in [0.4, 0.5) is 9.18 Å². The van der Waals surface area contributed by atoms with Crippen molar-refractivity contribution in [1.29, 1.82) is 0 Å². The predicted octanol–water partition coefficient (Wildman–Crippen LogP) is 2.80. The fraction of sp³-hybridized carbons (Fsp3) is 0. The zero-order valence-electron chi connectivity index (χ0n) is 7.79. The van der Waals surface area contributed by atoms with E-state index in [0.29, 0.717) is 0 Å². The molecule has 1 aromatic carbocycles. The van der Waals surface area contributed by atoms with Gasteiger partial charge in [0.1, 0.15) is 5.82 Å². The van der Waals surface area contributed by atoms with E-state index in [0.717, 1.165) is 11.8 Å². The number of halogens is 2. The molecule has 2 amide bonds. The van der Waals surface area contributed by atoms with Crippen molar-refractivity contribution >= 4 is 40.6 Å². The van der Waals surface area contributed by atoms with Gasteiger partial charge in [-0.3, -0.25) is 14.9 Å². The highest BCUT2D eigenvalue weighted by Crippen LogP contribution is 2.29. The van der Waals surface area contributed by atoms with Gasteiger partial charge in [0, 0.05) is 5.56 Å². The molecule has 1 aromatic rings. The summed E-state index contributed by atoms with van der Waals surface area (Å²) in [4.78, 5) is 22.2. The SMILES string of the molecule is O=C1NC(=O)C(=Cc2c(F)cccc2Cl)S1. The van der Waals surface area contributed by atoms with Gasteiger partial charge < -0.3 is 0 Å². The Bertz CT molecular complexity index is 495. The largest absolute Gasteiger partial charge is 0.290 e. The second kappa shape index (κ2) is 4.27. The lowest BCUT2D eigenvalue weighted by Gasteiger charge is -2.00. The molecule has 3 nitrogen and oxygen atoms in total. The highest BCUT2D eigenvalue weighted by molar-refractivity contribution is 8.18. The summed E-state index contributed by atoms with van der Waals surface area (Å²) >= 11 is 6.50. The van der Waals surface area contributed by atoms with Crippen LogP contribution in [0.3, 0.4) is 0 Å². The van der Waals surface area contributed by atoms with Gasteiger partial charge in [-0.15, -0.1) is 0 Å². The molecule has 1 heterocycles. The molecule has 0 spiro atoms. The number of amides is 2. The lowest BCUT2D eigenvalue weighted by Crippen LogP contribution is -2.17. The number of nitrogens with one attached hydrogen (secondary N) is 1. The van der Waals surface area contributed by atoms with Crippen molar-refractivity contribution in [2.24, 2.45) is 0 Å². The first-order chi connectivity index (χ1) is 7.58. The highest BCUT2D eigenvalue weighted by atomic mass is 35.5. The van der Waals surface area contributed by atoms with Gasteiger partial charge in [-0.1, -0.05) is 17.7 Å². The quantitative estimate of drug-likeness (QED) is 0.787. The third kappa shape index (κ3) is 2.10. The van der Waals surface area contributed by atoms with Crippen molar-refractivity contribution in [2.45, 2.75) is 0 Å². The minimum atomic E-state index is -0.534. The number of hydrogen-bond donors (Lipinski definition) is 1. The standard InChI is InChI=1S/C10H5ClFNO2S/c11-6-2-1-3-7(12)5(6)4-8-9(14)13-10(15)16-8/h1-4H,(H,13,14,15). The summed E-state index contributed by atoms with van der Waals surface area (Å²) in [5.74, 6) is -1.07. The predicted molar refractivity (Wildman–Crippen MR) is 60.5 cm³/mol. The third-order valence-corrected chi connectivity index (χ3v) is 3.06. The van der Waals surface area contributed by atoms with Crippen LogP contribution >= 0.6 is 23.4 Å². The maximum Gasteiger partial charge on any atom is 0.290 e. The summed E-state index contributed by atoms with van der Waals surface area (Å²) in [5, 5.41) is 1.80. The molecule has 2 rings (SSSR count). The van der Waals surface area contributed by atoms with E-state index in [1.165, 1.54) is 24.3 Å². The van der Waals surface area contributed by atoms with Crippen molar-refractivity contribution in [3.8, 4) is 0 Å². The average Bonchev–Trinajstić information content (AvgIpc) is 2.51. The van der Waals surface area contributed by atoms with E-state index in [1.807, 2.05) is 0 Å². The molecular formula is C10H5ClFNO2S. The minimum absolute atomic E-state index is 0.108. The average molecular weight is 258 g/mol. The van der Waals surface area contributed by atoms with E-state index < -0.39 is 17.0 Å². The van der Waals surface area contributed by atoms with Gasteiger partial charge in [0.2, 0.25) is 0 Å². The van der Waals surface area contributed by atoms with Gasteiger partial charge in [-0.2, -0.15) is 0 Å². The number of benzene rings is 1. The van der Waals surface area contributed by atoms with Gasteiger partial charge in [-0.05, 0) is 30.0 Å². The van der Waals surface area contributed by atoms with Gasteiger partial charge in [0.25, 0.3) is 11.1 Å². The number of thioether (sulfide) groups is 1. The van der Waals surface area contributed by atoms with Gasteiger partial charge in [-0.25, -0.2) is 4.39 Å². The number of imide groups is 1. The molecule has 0 atom stereocenters. The second-order valence-electron chi connectivity index (χ2n) is 2.99. The number of carbonyl (C=O) groups is 2. The second-order valence-corrected chi connectivity index (χ2v) is 4.41. The Kier molecular flexibility index (Phi) is 2.98. The first kappa shape index (κ1) is 11.2. The molecule has 0 aliphatic carbocycles. The Morgan fingerprint density at radius 1 is 1.38 bits per heavy atom. The fourth-order valence-electron chi connectivity index (χ4n) is 1.20. The number of carbonyl (C=O) groups excluding carboxylic acids is 2. The summed E-state index contributed by atoms with van der Waals surface area (Å²) < 4.78 is 13.4. The molecule has 0 bridgehead atoms. The van der Waals surface area contributed by atoms with E-state index in [9.17, 15) is 14.0 Å². The molecule has 1 fully saturated rings. The van der Waals surface area contributed by atoms with Crippen LogP contribution < -0.4 is 5.32 Å². The number of rotatable bonds is 1. The van der Waals surface area contributed by atoms with Crippen molar-refractivity contribution < 1.29 is 14.0 Å². The molecule has 0 radical (unpaired) electrons. The molecule has 1 aliphatic rings. The van der Waals surface area contributed by atoms with E-state index in [1.54, 1.807) is 0 Å². The maximum atomic E-state index is 13.4. The first-order valence-electron chi connectivity index (χ1n) is 4.27. The van der Waals surface area contributed by atoms with Gasteiger partial charge in [0.15, 0.2) is 0 Å². The van der Waals surface area contributed by atoms with Crippen LogP contribution in [0.1, 0.15) is 5.56 Å². The molecule has 1 aliphatic heterocycles. The van der Waals surface area contributed by atoms with E-state index >= 15 is 0 Å². The first-order valence-corrected chi connectivity index (χ1v) is 5.46. The maximum absolute atomic E-state index is 13.4. The fourth-order valence-corrected chi connectivity index (χ4v) is 2.08. The molecule has 6 heteroatoms. The Labute approximate surface area is 99.7 Å². The molecular weight excluding hydrogens is 253 g/mol. The van der Waals surface area contributed by atoms with Crippen LogP contribution in [0.15, 0.2) is 23.1 Å². The Balaban J connectivity index is 2.44. The van der Waals surface area contributed by atoms with E-state index in [-0.39, 0.29) is 15.5 Å². The Morgan fingerprint density at radius 2 is 2.12 bits per heavy atom. The highest BCUT2D eigenvalue weighted by Gasteiger charge is 2.25. The smallest absolute Gasteiger partial charge is 0.282 e. The summed E-state index contributed by atoms with van der Waals surface area (Å²) in [5.41, 5.74) is 0.108. The molecule has 0 unspecified atom stereocenters. The van der Waals surface area contributed by atoms with Gasteiger partial charge >= 0.3 is 0 Å². The zero-order chi connectivity index (χ0) is 11.7. The normalized spacial score (nSPS) is 18.0. The lowest BCUT2D eigenvalue weighted by molar-refractivity contribution is -0.115. The molecule has 1 saturated heterocycles. The zero-order valence-corrected chi connectivity index (χ0v) is 9.36. The summed E-state index contributed by atoms with van der Waals surface area (Å²) in [6, 6.07) is 4.21. The van der Waals surface area contributed by atoms with Crippen LogP contribution in [-0.2, 0) is 4.79 Å². The molecule has 0 saturated carbocycles. The molecule has 1 N–H and O–H groups in total. The summed E-state index contributed by atoms with van der Waals surface area (Å²) in [7, 11) is 0. The molecule has 0 aromatic heterocycles. The third-order valence-electron chi connectivity index (χ3n) is 1.92. The van der Waals surface area contributed by atoms with Gasteiger partial charge in [0.05, 0.1) is 9.93 Å². The summed E-state index contributed by atoms with van der Waals surface area (Å²) in [6.07, 6.45) is 1.27. The molecule has 16 heavy (non-hydrogen) atoms. The number of hydrogen-bond acceptors (Lipinski definition) is 3. The Hall–Kier alpha value is -1.33. The van der Waals surface area contributed by atoms with Crippen molar-refractivity contribution in [3.63, 3.8) is 0 Å². The van der Waals surface area contributed by atoms with Crippen molar-refractivity contribution in [2.75, 3.05) is 0 Å². The van der Waals surface area contributed by atoms with Crippen molar-refractivity contribution in [1.82, 2.24) is 5.32 Å². The summed E-state index contributed by atoms with van der Waals surface area (Å²) in [6.45, 7) is 0. The van der Waals surface area contributed by atoms with Crippen LogP contribution in [-0.4, -0.2) is 11.1 Å². The minimum Gasteiger partial charge on any atom is -0.282 e. The van der Waals surface area contributed by atoms with Crippen molar-refractivity contribution in [3.05, 3.63) is 39.5 Å². The molecule has 82 valence electrons. The van der Waals surface area contributed by atoms with E-state index in [4.69, 9.17) is 11.6 Å². The topological polar surface area (TPSA) is 46.2 Å². The van der Waals surface area contributed by atoms with E-state index in [2.05, 4.69) is 5.32 Å². The Morgan fingerprint density at radius 3 is 2.69 bits per heavy atom. The van der Waals surface area contributed by atoms with Crippen LogP contribution in [0.2, 0.25) is 5.02 Å². The monoisotopic (exact) mass is 257 g/mol. The van der Waals surface area contributed by atoms with Crippen LogP contribution in [0, 0.1) is 5.82 Å². The van der Waals surface area contributed by atoms with Crippen LogP contribution in [0.5, 0.6) is 0 Å². The van der Waals surface area contributed by atoms with Crippen LogP contribution in [0.25, 0.3) is 6.08 Å².